The van der Waals surface area contributed by atoms with E-state index in [0.29, 0.717) is 11.7 Å². The van der Waals surface area contributed by atoms with Crippen molar-refractivity contribution < 1.29 is 0 Å². The molecule has 6 heteroatoms. The quantitative estimate of drug-likeness (QED) is 0.766. The summed E-state index contributed by atoms with van der Waals surface area (Å²) in [7, 11) is 0. The second-order valence-electron chi connectivity index (χ2n) is 3.73. The summed E-state index contributed by atoms with van der Waals surface area (Å²) in [6.45, 7) is 0. The van der Waals surface area contributed by atoms with Crippen molar-refractivity contribution in [3.8, 4) is 0 Å². The number of aliphatic imine (C=N–C) groups is 1. The fourth-order valence-electron chi connectivity index (χ4n) is 1.85. The van der Waals surface area contributed by atoms with Gasteiger partial charge >= 0.3 is 0 Å². The van der Waals surface area contributed by atoms with Crippen molar-refractivity contribution >= 4 is 23.4 Å². The summed E-state index contributed by atoms with van der Waals surface area (Å²) in [6, 6.07) is 3.82. The van der Waals surface area contributed by atoms with Crippen molar-refractivity contribution in [3.05, 3.63) is 40.9 Å². The van der Waals surface area contributed by atoms with Crippen molar-refractivity contribution in [2.45, 2.75) is 0 Å². The van der Waals surface area contributed by atoms with Gasteiger partial charge in [0.25, 0.3) is 0 Å². The third-order valence-electron chi connectivity index (χ3n) is 2.65. The molecular weight excluding hydrogens is 216 g/mol. The first-order valence-electron chi connectivity index (χ1n) is 5.12. The molecule has 0 saturated carbocycles. The van der Waals surface area contributed by atoms with Gasteiger partial charge < -0.3 is 4.98 Å². The molecule has 0 spiro atoms. The van der Waals surface area contributed by atoms with Gasteiger partial charge in [0.05, 0.1) is 22.9 Å². The predicted molar refractivity (Wildman–Crippen MR) is 61.0 cm³/mol. The maximum absolute atomic E-state index is 4.42. The molecule has 17 heavy (non-hydrogen) atoms. The van der Waals surface area contributed by atoms with Gasteiger partial charge in [0.1, 0.15) is 0 Å². The number of amidine groups is 1. The summed E-state index contributed by atoms with van der Waals surface area (Å²) in [5.74, 6) is 1.28. The standard InChI is InChI=1S/C11H6N6/c1-2-13-10(12-1)11-15-8-3-6-5-14-17-7(6)4-9(8)16-11/h1-5H,(H,12,13). The Labute approximate surface area is 95.2 Å². The molecule has 1 N–H and O–H groups in total. The van der Waals surface area contributed by atoms with E-state index in [2.05, 4.69) is 30.2 Å². The number of aromatic nitrogens is 2. The van der Waals surface area contributed by atoms with Crippen molar-refractivity contribution in [2.75, 3.05) is 0 Å². The van der Waals surface area contributed by atoms with Crippen LogP contribution >= 0.6 is 0 Å². The van der Waals surface area contributed by atoms with Gasteiger partial charge in [-0.2, -0.15) is 10.2 Å². The summed E-state index contributed by atoms with van der Waals surface area (Å²) in [4.78, 5) is 16.0. The Kier molecular flexibility index (Phi) is 1.47. The van der Waals surface area contributed by atoms with Crippen LogP contribution in [0, 0.1) is 0 Å². The summed E-state index contributed by atoms with van der Waals surface area (Å²) >= 11 is 0. The zero-order valence-corrected chi connectivity index (χ0v) is 8.62. The lowest BCUT2D eigenvalue weighted by Gasteiger charge is -1.90. The number of nitrogens with one attached hydrogen (secondary N) is 1. The van der Waals surface area contributed by atoms with E-state index in [-0.39, 0.29) is 0 Å². The van der Waals surface area contributed by atoms with E-state index >= 15 is 0 Å². The van der Waals surface area contributed by atoms with E-state index < -0.39 is 0 Å². The number of hydrogen-bond donors (Lipinski definition) is 1. The largest absolute Gasteiger partial charge is 0.342 e. The minimum atomic E-state index is 0.602. The second kappa shape index (κ2) is 2.94. The molecule has 1 aromatic heterocycles. The summed E-state index contributed by atoms with van der Waals surface area (Å²) in [5.41, 5.74) is 1.67. The number of azo groups is 1. The summed E-state index contributed by atoms with van der Waals surface area (Å²) < 4.78 is 0. The van der Waals surface area contributed by atoms with E-state index in [1.807, 2.05) is 12.1 Å². The minimum absolute atomic E-state index is 0.602. The van der Waals surface area contributed by atoms with Gasteiger partial charge in [0.2, 0.25) is 0 Å². The predicted octanol–water partition coefficient (Wildman–Crippen LogP) is 0.957. The molecule has 0 amide bonds. The number of nitrogens with zero attached hydrogens (tertiary/aromatic N) is 5. The van der Waals surface area contributed by atoms with Crippen LogP contribution in [0.4, 0.5) is 11.4 Å². The monoisotopic (exact) mass is 222 g/mol. The van der Waals surface area contributed by atoms with Gasteiger partial charge in [0, 0.05) is 17.6 Å². The van der Waals surface area contributed by atoms with Crippen molar-refractivity contribution in [1.82, 2.24) is 9.97 Å². The lowest BCUT2D eigenvalue weighted by atomic mass is 10.2. The van der Waals surface area contributed by atoms with Crippen molar-refractivity contribution in [1.29, 1.82) is 0 Å². The molecule has 0 bridgehead atoms. The fourth-order valence-corrected chi connectivity index (χ4v) is 1.85. The zero-order chi connectivity index (χ0) is 11.2. The minimum Gasteiger partial charge on any atom is -0.342 e. The normalized spacial score (nSPS) is 14.9. The van der Waals surface area contributed by atoms with Gasteiger partial charge in [-0.3, -0.25) is 0 Å². The number of imidazole rings is 1. The average molecular weight is 222 g/mol. The Morgan fingerprint density at radius 1 is 1.06 bits per heavy atom. The highest BCUT2D eigenvalue weighted by atomic mass is 15.1. The van der Waals surface area contributed by atoms with Gasteiger partial charge in [-0.25, -0.2) is 15.0 Å². The molecule has 2 aliphatic heterocycles. The molecule has 0 aliphatic carbocycles. The van der Waals surface area contributed by atoms with Crippen LogP contribution in [0.15, 0.2) is 44.7 Å². The van der Waals surface area contributed by atoms with Crippen LogP contribution in [0.5, 0.6) is 0 Å². The average Bonchev–Trinajstić information content (AvgIpc) is 3.05. The molecule has 80 valence electrons. The number of rotatable bonds is 1. The van der Waals surface area contributed by atoms with Gasteiger partial charge in [-0.05, 0) is 12.1 Å². The Hall–Kier alpha value is -2.63. The third-order valence-corrected chi connectivity index (χ3v) is 2.65. The van der Waals surface area contributed by atoms with E-state index in [0.717, 1.165) is 22.0 Å². The fraction of sp³-hybridized carbons (Fsp3) is 0. The van der Waals surface area contributed by atoms with Crippen LogP contribution in [0.1, 0.15) is 5.82 Å². The molecule has 0 saturated heterocycles. The highest BCUT2D eigenvalue weighted by Gasteiger charge is 2.14. The number of aromatic amines is 1. The second-order valence-corrected chi connectivity index (χ2v) is 3.73. The van der Waals surface area contributed by atoms with Gasteiger partial charge in [-0.1, -0.05) is 0 Å². The highest BCUT2D eigenvalue weighted by molar-refractivity contribution is 5.99. The Morgan fingerprint density at radius 2 is 2.06 bits per heavy atom. The molecule has 2 aromatic rings. The third kappa shape index (κ3) is 1.17. The molecule has 0 radical (unpaired) electrons. The molecule has 0 unspecified atom stereocenters. The number of fused-ring (bicyclic) bond motifs is 2. The van der Waals surface area contributed by atoms with E-state index in [9.17, 15) is 0 Å². The topological polar surface area (TPSA) is 78.1 Å². The molecule has 2 aliphatic rings. The van der Waals surface area contributed by atoms with Crippen molar-refractivity contribution in [2.24, 2.45) is 20.2 Å². The molecule has 4 rings (SSSR count). The van der Waals surface area contributed by atoms with E-state index in [4.69, 9.17) is 0 Å². The number of benzene rings is 1. The lowest BCUT2D eigenvalue weighted by molar-refractivity contribution is 1.24. The molecular formula is C11H6N6. The van der Waals surface area contributed by atoms with Crippen LogP contribution in [0.2, 0.25) is 0 Å². The molecule has 0 fully saturated rings. The molecule has 3 heterocycles. The van der Waals surface area contributed by atoms with E-state index in [1.165, 1.54) is 0 Å². The lowest BCUT2D eigenvalue weighted by Crippen LogP contribution is -2.06. The first-order chi connectivity index (χ1) is 8.40. The van der Waals surface area contributed by atoms with Gasteiger partial charge in [0.15, 0.2) is 11.7 Å². The van der Waals surface area contributed by atoms with Crippen LogP contribution in [-0.2, 0) is 0 Å². The van der Waals surface area contributed by atoms with Crippen LogP contribution in [0.25, 0.3) is 6.20 Å². The smallest absolute Gasteiger partial charge is 0.196 e. The Morgan fingerprint density at radius 3 is 2.94 bits per heavy atom. The zero-order valence-electron chi connectivity index (χ0n) is 8.62. The Balaban J connectivity index is 1.93. The molecule has 6 nitrogen and oxygen atoms in total. The van der Waals surface area contributed by atoms with Crippen LogP contribution in [-0.4, -0.2) is 15.8 Å². The molecule has 0 atom stereocenters. The van der Waals surface area contributed by atoms with Crippen LogP contribution in [0.3, 0.4) is 0 Å². The van der Waals surface area contributed by atoms with Crippen LogP contribution < -0.4 is 10.6 Å². The Bertz CT molecular complexity index is 782. The SMILES string of the molecule is C1=c2cc3c(cc2N=N1)=NC(c1ncc[nH]1)=N3. The first-order valence-corrected chi connectivity index (χ1v) is 5.12. The van der Waals surface area contributed by atoms with Crippen molar-refractivity contribution in [3.63, 3.8) is 0 Å². The summed E-state index contributed by atoms with van der Waals surface area (Å²) in [6.07, 6.45) is 5.15. The molecule has 1 aromatic carbocycles. The highest BCUT2D eigenvalue weighted by Crippen LogP contribution is 2.16. The van der Waals surface area contributed by atoms with E-state index in [1.54, 1.807) is 18.6 Å². The first kappa shape index (κ1) is 8.51. The number of H-pyrrole nitrogens is 1. The summed E-state index contributed by atoms with van der Waals surface area (Å²) in [5, 5.41) is 9.64. The van der Waals surface area contributed by atoms with Gasteiger partial charge in [-0.15, -0.1) is 0 Å². The maximum atomic E-state index is 4.42. The maximum Gasteiger partial charge on any atom is 0.196 e. The number of hydrogen-bond acceptors (Lipinski definition) is 5.